The molecule has 1 saturated heterocycles. The largest absolute Gasteiger partial charge is 0.508 e. The number of rotatable bonds is 12. The zero-order chi connectivity index (χ0) is 32.6. The molecule has 0 aromatic heterocycles. The molecule has 0 aliphatic carbocycles. The van der Waals surface area contributed by atoms with Crippen molar-refractivity contribution in [3.8, 4) is 0 Å². The number of aryl methyl sites for hydroxylation is 1. The van der Waals surface area contributed by atoms with Crippen LogP contribution >= 0.6 is 11.8 Å². The molecule has 0 spiro atoms. The van der Waals surface area contributed by atoms with E-state index in [9.17, 15) is 9.90 Å². The number of carbonyl (C=O) groups excluding carboxylic acids is 1. The fourth-order valence-electron chi connectivity index (χ4n) is 6.22. The molecule has 1 fully saturated rings. The topological polar surface area (TPSA) is 83.5 Å². The monoisotopic (exact) mass is 654 g/mol. The van der Waals surface area contributed by atoms with Gasteiger partial charge in [0.1, 0.15) is 37.1 Å². The van der Waals surface area contributed by atoms with E-state index in [1.165, 1.54) is 21.6 Å². The van der Waals surface area contributed by atoms with E-state index < -0.39 is 36.7 Å². The van der Waals surface area contributed by atoms with Crippen molar-refractivity contribution in [2.45, 2.75) is 74.8 Å². The summed E-state index contributed by atoms with van der Waals surface area (Å²) in [6.45, 7) is 4.44. The second kappa shape index (κ2) is 16.0. The number of fused-ring (bicyclic) bond motifs is 1. The molecule has 2 aliphatic heterocycles. The van der Waals surface area contributed by atoms with E-state index in [2.05, 4.69) is 49.4 Å². The first kappa shape index (κ1) is 33.2. The number of carbonyl (C=O) groups is 1. The molecule has 8 heteroatoms. The molecule has 47 heavy (non-hydrogen) atoms. The highest BCUT2D eigenvalue weighted by Gasteiger charge is 2.48. The first-order valence-corrected chi connectivity index (χ1v) is 17.3. The predicted molar refractivity (Wildman–Crippen MR) is 181 cm³/mol. The number of ether oxygens (including phenoxy) is 5. The molecule has 4 aromatic rings. The molecule has 0 bridgehead atoms. The van der Waals surface area contributed by atoms with Crippen LogP contribution < -0.4 is 0 Å². The standard InChI is InChI=1S/C39H42O7S/c1-3-26-15-17-29(18-16-26)32-25-47-34-20-19-30(21-31(32)34)36-38(44-23-28-13-9-6-10-14-28)37(43-22-27-11-7-5-8-12-27)35(40)33(46-36)24-45-39(41)42-4-2/h5-21,32-33,35-38,40H,3-4,22-25H2,1-2H3. The van der Waals surface area contributed by atoms with E-state index in [4.69, 9.17) is 23.7 Å². The van der Waals surface area contributed by atoms with Crippen LogP contribution in [0.15, 0.2) is 108 Å². The molecule has 6 atom stereocenters. The van der Waals surface area contributed by atoms with Crippen LogP contribution in [0.3, 0.4) is 0 Å². The molecule has 0 amide bonds. The van der Waals surface area contributed by atoms with Crippen molar-refractivity contribution in [2.75, 3.05) is 19.0 Å². The molecule has 6 rings (SSSR count). The summed E-state index contributed by atoms with van der Waals surface area (Å²) in [5, 5.41) is 11.7. The van der Waals surface area contributed by atoms with Crippen LogP contribution in [0.4, 0.5) is 4.79 Å². The predicted octanol–water partition coefficient (Wildman–Crippen LogP) is 7.63. The highest BCUT2D eigenvalue weighted by atomic mass is 32.2. The number of hydrogen-bond acceptors (Lipinski definition) is 8. The summed E-state index contributed by atoms with van der Waals surface area (Å²) in [7, 11) is 0. The summed E-state index contributed by atoms with van der Waals surface area (Å²) in [6.07, 6.45) is -3.88. The lowest BCUT2D eigenvalue weighted by atomic mass is 9.87. The van der Waals surface area contributed by atoms with E-state index in [-0.39, 0.29) is 25.7 Å². The molecule has 0 saturated carbocycles. The minimum atomic E-state index is -1.14. The van der Waals surface area contributed by atoms with E-state index in [1.807, 2.05) is 72.4 Å². The number of benzene rings is 4. The molecular weight excluding hydrogens is 612 g/mol. The van der Waals surface area contributed by atoms with Crippen molar-refractivity contribution in [3.63, 3.8) is 0 Å². The Balaban J connectivity index is 1.34. The van der Waals surface area contributed by atoms with Gasteiger partial charge in [-0.2, -0.15) is 0 Å². The first-order chi connectivity index (χ1) is 23.0. The Bertz CT molecular complexity index is 1580. The van der Waals surface area contributed by atoms with Crippen LogP contribution in [0.5, 0.6) is 0 Å². The Kier molecular flexibility index (Phi) is 11.3. The van der Waals surface area contributed by atoms with Gasteiger partial charge in [0.2, 0.25) is 0 Å². The molecule has 2 heterocycles. The fourth-order valence-corrected chi connectivity index (χ4v) is 7.47. The van der Waals surface area contributed by atoms with Crippen molar-refractivity contribution in [1.82, 2.24) is 0 Å². The molecule has 246 valence electrons. The molecule has 7 nitrogen and oxygen atoms in total. The Hall–Kier alpha value is -3.66. The molecule has 2 aliphatic rings. The summed E-state index contributed by atoms with van der Waals surface area (Å²) >= 11 is 1.86. The van der Waals surface area contributed by atoms with Crippen molar-refractivity contribution >= 4 is 17.9 Å². The van der Waals surface area contributed by atoms with Crippen LogP contribution in [-0.4, -0.2) is 54.6 Å². The van der Waals surface area contributed by atoms with E-state index in [1.54, 1.807) is 6.92 Å². The summed E-state index contributed by atoms with van der Waals surface area (Å²) in [6, 6.07) is 35.1. The van der Waals surface area contributed by atoms with Gasteiger partial charge in [0.15, 0.2) is 0 Å². The van der Waals surface area contributed by atoms with Gasteiger partial charge in [0.25, 0.3) is 0 Å². The number of aliphatic hydroxyl groups is 1. The molecule has 4 aromatic carbocycles. The third-order valence-electron chi connectivity index (χ3n) is 8.79. The van der Waals surface area contributed by atoms with Crippen molar-refractivity contribution in [1.29, 1.82) is 0 Å². The lowest BCUT2D eigenvalue weighted by Gasteiger charge is -2.44. The van der Waals surface area contributed by atoms with Crippen molar-refractivity contribution < 1.29 is 33.6 Å². The minimum absolute atomic E-state index is 0.184. The quantitative estimate of drug-likeness (QED) is 0.156. The smallest absolute Gasteiger partial charge is 0.435 e. The van der Waals surface area contributed by atoms with Gasteiger partial charge in [-0.1, -0.05) is 104 Å². The van der Waals surface area contributed by atoms with Crippen molar-refractivity contribution in [3.05, 3.63) is 137 Å². The second-order valence-corrected chi connectivity index (χ2v) is 12.9. The Morgan fingerprint density at radius 1 is 0.787 bits per heavy atom. The molecule has 6 unspecified atom stereocenters. The number of thioether (sulfide) groups is 1. The van der Waals surface area contributed by atoms with Gasteiger partial charge in [-0.05, 0) is 52.8 Å². The average Bonchev–Trinajstić information content (AvgIpc) is 3.54. The fraction of sp³-hybridized carbons (Fsp3) is 0.359. The molecule has 0 radical (unpaired) electrons. The zero-order valence-electron chi connectivity index (χ0n) is 26.8. The van der Waals surface area contributed by atoms with Gasteiger partial charge in [-0.15, -0.1) is 11.8 Å². The zero-order valence-corrected chi connectivity index (χ0v) is 27.6. The van der Waals surface area contributed by atoms with Crippen LogP contribution in [0.25, 0.3) is 0 Å². The Labute approximate surface area is 281 Å². The van der Waals surface area contributed by atoms with Gasteiger partial charge in [-0.3, -0.25) is 0 Å². The first-order valence-electron chi connectivity index (χ1n) is 16.3. The summed E-state index contributed by atoms with van der Waals surface area (Å²) in [5.74, 6) is 1.20. The van der Waals surface area contributed by atoms with Crippen LogP contribution in [0.2, 0.25) is 0 Å². The van der Waals surface area contributed by atoms with Crippen LogP contribution in [0.1, 0.15) is 59.3 Å². The van der Waals surface area contributed by atoms with E-state index >= 15 is 0 Å². The Morgan fingerprint density at radius 3 is 2.06 bits per heavy atom. The Morgan fingerprint density at radius 2 is 1.43 bits per heavy atom. The van der Waals surface area contributed by atoms with Gasteiger partial charge in [-0.25, -0.2) is 4.79 Å². The maximum atomic E-state index is 12.2. The van der Waals surface area contributed by atoms with Crippen molar-refractivity contribution in [2.24, 2.45) is 0 Å². The lowest BCUT2D eigenvalue weighted by Crippen LogP contribution is -2.57. The highest BCUT2D eigenvalue weighted by Crippen LogP contribution is 2.46. The summed E-state index contributed by atoms with van der Waals surface area (Å²) in [4.78, 5) is 13.4. The second-order valence-electron chi connectivity index (χ2n) is 11.9. The minimum Gasteiger partial charge on any atom is -0.435 e. The van der Waals surface area contributed by atoms with Gasteiger partial charge >= 0.3 is 6.16 Å². The van der Waals surface area contributed by atoms with Crippen LogP contribution in [-0.2, 0) is 43.3 Å². The van der Waals surface area contributed by atoms with E-state index in [0.717, 1.165) is 28.9 Å². The normalized spacial score (nSPS) is 23.6. The van der Waals surface area contributed by atoms with E-state index in [0.29, 0.717) is 6.61 Å². The SMILES string of the molecule is CCOC(=O)OCC1OC(c2ccc3c(c2)C(c2ccc(CC)cc2)CS3)C(OCc2ccccc2)C(OCc2ccccc2)C1O. The third kappa shape index (κ3) is 8.08. The van der Waals surface area contributed by atoms with Gasteiger partial charge in [0.05, 0.1) is 19.8 Å². The average molecular weight is 655 g/mol. The maximum absolute atomic E-state index is 12.2. The number of hydrogen-bond donors (Lipinski definition) is 1. The summed E-state index contributed by atoms with van der Waals surface area (Å²) in [5.41, 5.74) is 6.73. The highest BCUT2D eigenvalue weighted by molar-refractivity contribution is 7.99. The molecular formula is C39H42O7S. The van der Waals surface area contributed by atoms with Crippen LogP contribution in [0, 0.1) is 0 Å². The van der Waals surface area contributed by atoms with Gasteiger partial charge in [0, 0.05) is 16.6 Å². The third-order valence-corrected chi connectivity index (χ3v) is 9.98. The lowest BCUT2D eigenvalue weighted by molar-refractivity contribution is -0.260. The van der Waals surface area contributed by atoms with Gasteiger partial charge < -0.3 is 28.8 Å². The summed E-state index contributed by atoms with van der Waals surface area (Å²) < 4.78 is 30.1. The number of aliphatic hydroxyl groups excluding tert-OH is 1. The maximum Gasteiger partial charge on any atom is 0.508 e. The molecule has 1 N–H and O–H groups in total.